The number of nitrogens with one attached hydrogen (secondary N) is 1. The van der Waals surface area contributed by atoms with Crippen molar-refractivity contribution in [3.05, 3.63) is 59.7 Å². The lowest BCUT2D eigenvalue weighted by Gasteiger charge is -2.36. The van der Waals surface area contributed by atoms with Crippen LogP contribution in [0.2, 0.25) is 0 Å². The Hall–Kier alpha value is -2.90. The summed E-state index contributed by atoms with van der Waals surface area (Å²) in [5.41, 5.74) is 2.34. The van der Waals surface area contributed by atoms with E-state index in [1.54, 1.807) is 37.3 Å². The van der Waals surface area contributed by atoms with E-state index in [0.29, 0.717) is 36.6 Å². The number of anilines is 1. The summed E-state index contributed by atoms with van der Waals surface area (Å²) in [6.07, 6.45) is 1.11. The van der Waals surface area contributed by atoms with Gasteiger partial charge in [-0.1, -0.05) is 44.2 Å². The van der Waals surface area contributed by atoms with Gasteiger partial charge in [-0.3, -0.25) is 14.5 Å². The molecule has 1 aliphatic rings. The fourth-order valence-corrected chi connectivity index (χ4v) is 4.41. The standard InChI is InChI=1S/C28H39N3O4/c1-6-10-27(32)29-23-13-14-24-25(15-23)35-19-21(3)31(17-22-11-8-7-9-12-22)16-20(2)26(34-5)18-30(4)28(24)33/h7-9,11-15,20-21,26H,6,10,16-19H2,1-5H3,(H,29,32)/t20-,21+,26+/m0/s1. The van der Waals surface area contributed by atoms with Crippen LogP contribution in [-0.2, 0) is 16.1 Å². The first-order valence-electron chi connectivity index (χ1n) is 12.4. The predicted molar refractivity (Wildman–Crippen MR) is 139 cm³/mol. The zero-order valence-electron chi connectivity index (χ0n) is 21.6. The lowest BCUT2D eigenvalue weighted by molar-refractivity contribution is -0.116. The molecule has 1 N–H and O–H groups in total. The van der Waals surface area contributed by atoms with Gasteiger partial charge in [0.15, 0.2) is 0 Å². The van der Waals surface area contributed by atoms with Crippen LogP contribution >= 0.6 is 0 Å². The number of carbonyl (C=O) groups excluding carboxylic acids is 2. The quantitative estimate of drug-likeness (QED) is 0.661. The van der Waals surface area contributed by atoms with Crippen LogP contribution in [0.3, 0.4) is 0 Å². The van der Waals surface area contributed by atoms with Crippen molar-refractivity contribution in [3.63, 3.8) is 0 Å². The van der Waals surface area contributed by atoms with E-state index in [-0.39, 0.29) is 29.9 Å². The highest BCUT2D eigenvalue weighted by Crippen LogP contribution is 2.27. The Morgan fingerprint density at radius 2 is 1.89 bits per heavy atom. The molecular weight excluding hydrogens is 442 g/mol. The molecule has 3 atom stereocenters. The van der Waals surface area contributed by atoms with Gasteiger partial charge in [-0.25, -0.2) is 0 Å². The van der Waals surface area contributed by atoms with Gasteiger partial charge in [0.2, 0.25) is 5.91 Å². The summed E-state index contributed by atoms with van der Waals surface area (Å²) in [4.78, 5) is 29.6. The molecule has 7 nitrogen and oxygen atoms in total. The van der Waals surface area contributed by atoms with E-state index in [2.05, 4.69) is 48.3 Å². The number of hydrogen-bond acceptors (Lipinski definition) is 5. The van der Waals surface area contributed by atoms with Gasteiger partial charge in [0.25, 0.3) is 5.91 Å². The van der Waals surface area contributed by atoms with Crippen molar-refractivity contribution >= 4 is 17.5 Å². The molecule has 0 aromatic heterocycles. The van der Waals surface area contributed by atoms with Crippen LogP contribution in [0.25, 0.3) is 0 Å². The van der Waals surface area contributed by atoms with Crippen molar-refractivity contribution in [2.75, 3.05) is 39.2 Å². The van der Waals surface area contributed by atoms with Crippen molar-refractivity contribution in [2.45, 2.75) is 52.3 Å². The number of carbonyl (C=O) groups is 2. The second-order valence-corrected chi connectivity index (χ2v) is 9.52. The van der Waals surface area contributed by atoms with Crippen LogP contribution in [0.5, 0.6) is 5.75 Å². The number of ether oxygens (including phenoxy) is 2. The molecule has 190 valence electrons. The Morgan fingerprint density at radius 1 is 1.14 bits per heavy atom. The van der Waals surface area contributed by atoms with Crippen LogP contribution < -0.4 is 10.1 Å². The van der Waals surface area contributed by atoms with Crippen LogP contribution in [0.4, 0.5) is 5.69 Å². The number of likely N-dealkylation sites (N-methyl/N-ethyl adjacent to an activating group) is 1. The molecule has 0 fully saturated rings. The van der Waals surface area contributed by atoms with Gasteiger partial charge < -0.3 is 19.7 Å². The Morgan fingerprint density at radius 3 is 2.57 bits per heavy atom. The lowest BCUT2D eigenvalue weighted by atomic mass is 10.0. The van der Waals surface area contributed by atoms with E-state index < -0.39 is 0 Å². The summed E-state index contributed by atoms with van der Waals surface area (Å²) in [5.74, 6) is 0.500. The summed E-state index contributed by atoms with van der Waals surface area (Å²) < 4.78 is 12.1. The molecule has 2 amide bonds. The molecule has 1 aliphatic heterocycles. The molecule has 3 rings (SSSR count). The highest BCUT2D eigenvalue weighted by Gasteiger charge is 2.28. The van der Waals surface area contributed by atoms with Crippen molar-refractivity contribution < 1.29 is 19.1 Å². The second-order valence-electron chi connectivity index (χ2n) is 9.52. The zero-order valence-corrected chi connectivity index (χ0v) is 21.6. The molecule has 35 heavy (non-hydrogen) atoms. The topological polar surface area (TPSA) is 71.1 Å². The molecule has 0 unspecified atom stereocenters. The van der Waals surface area contributed by atoms with E-state index >= 15 is 0 Å². The summed E-state index contributed by atoms with van der Waals surface area (Å²) >= 11 is 0. The van der Waals surface area contributed by atoms with Gasteiger partial charge in [0.05, 0.1) is 11.7 Å². The molecular formula is C28H39N3O4. The third-order valence-corrected chi connectivity index (χ3v) is 6.57. The summed E-state index contributed by atoms with van der Waals surface area (Å²) in [5, 5.41) is 2.91. The number of benzene rings is 2. The molecule has 0 spiro atoms. The first kappa shape index (κ1) is 26.7. The molecule has 2 aromatic carbocycles. The van der Waals surface area contributed by atoms with Gasteiger partial charge >= 0.3 is 0 Å². The number of methoxy groups -OCH3 is 1. The van der Waals surface area contributed by atoms with E-state index in [1.807, 2.05) is 13.0 Å². The van der Waals surface area contributed by atoms with Crippen molar-refractivity contribution in [2.24, 2.45) is 5.92 Å². The summed E-state index contributed by atoms with van der Waals surface area (Å²) in [6, 6.07) is 15.7. The third kappa shape index (κ3) is 7.29. The Labute approximate surface area is 209 Å². The number of hydrogen-bond donors (Lipinski definition) is 1. The average molecular weight is 482 g/mol. The van der Waals surface area contributed by atoms with Crippen LogP contribution in [0.1, 0.15) is 49.5 Å². The maximum atomic E-state index is 13.3. The molecule has 1 heterocycles. The molecule has 2 aromatic rings. The second kappa shape index (κ2) is 12.7. The molecule has 0 radical (unpaired) electrons. The first-order chi connectivity index (χ1) is 16.8. The number of fused-ring (bicyclic) bond motifs is 1. The average Bonchev–Trinajstić information content (AvgIpc) is 2.85. The third-order valence-electron chi connectivity index (χ3n) is 6.57. The molecule has 0 bridgehead atoms. The monoisotopic (exact) mass is 481 g/mol. The largest absolute Gasteiger partial charge is 0.491 e. The molecule has 0 saturated carbocycles. The van der Waals surface area contributed by atoms with Gasteiger partial charge in [-0.05, 0) is 37.0 Å². The Bertz CT molecular complexity index is 981. The molecule has 0 saturated heterocycles. The van der Waals surface area contributed by atoms with Crippen molar-refractivity contribution in [3.8, 4) is 5.75 Å². The van der Waals surface area contributed by atoms with E-state index in [4.69, 9.17) is 9.47 Å². The van der Waals surface area contributed by atoms with Gasteiger partial charge in [0.1, 0.15) is 12.4 Å². The smallest absolute Gasteiger partial charge is 0.257 e. The highest BCUT2D eigenvalue weighted by molar-refractivity contribution is 5.98. The summed E-state index contributed by atoms with van der Waals surface area (Å²) in [7, 11) is 3.50. The Kier molecular flexibility index (Phi) is 9.69. The van der Waals surface area contributed by atoms with Gasteiger partial charge in [-0.15, -0.1) is 0 Å². The van der Waals surface area contributed by atoms with Crippen molar-refractivity contribution in [1.82, 2.24) is 9.80 Å². The fourth-order valence-electron chi connectivity index (χ4n) is 4.41. The van der Waals surface area contributed by atoms with E-state index in [0.717, 1.165) is 19.5 Å². The number of amides is 2. The minimum Gasteiger partial charge on any atom is -0.491 e. The maximum Gasteiger partial charge on any atom is 0.257 e. The molecule has 7 heteroatoms. The van der Waals surface area contributed by atoms with Crippen LogP contribution in [-0.4, -0.2) is 67.6 Å². The zero-order chi connectivity index (χ0) is 25.4. The molecule has 0 aliphatic carbocycles. The SMILES string of the molecule is CCCC(=O)Nc1ccc2c(c1)OC[C@@H](C)N(Cc1ccccc1)C[C@H](C)[C@H](OC)CN(C)C2=O. The summed E-state index contributed by atoms with van der Waals surface area (Å²) in [6.45, 7) is 8.76. The van der Waals surface area contributed by atoms with E-state index in [9.17, 15) is 9.59 Å². The minimum absolute atomic E-state index is 0.0524. The van der Waals surface area contributed by atoms with Crippen LogP contribution in [0.15, 0.2) is 48.5 Å². The fraction of sp³-hybridized carbons (Fsp3) is 0.500. The predicted octanol–water partition coefficient (Wildman–Crippen LogP) is 4.43. The van der Waals surface area contributed by atoms with E-state index in [1.165, 1.54) is 5.56 Å². The first-order valence-corrected chi connectivity index (χ1v) is 12.4. The normalized spacial score (nSPS) is 21.9. The number of nitrogens with zero attached hydrogens (tertiary/aromatic N) is 2. The highest BCUT2D eigenvalue weighted by atomic mass is 16.5. The Balaban J connectivity index is 1.92. The maximum absolute atomic E-state index is 13.3. The number of rotatable bonds is 6. The lowest BCUT2D eigenvalue weighted by Crippen LogP contribution is -2.46. The minimum atomic E-state index is -0.130. The van der Waals surface area contributed by atoms with Gasteiger partial charge in [0, 0.05) is 58.0 Å². The van der Waals surface area contributed by atoms with Gasteiger partial charge in [-0.2, -0.15) is 0 Å². The van der Waals surface area contributed by atoms with Crippen LogP contribution in [0, 0.1) is 5.92 Å². The van der Waals surface area contributed by atoms with Crippen molar-refractivity contribution in [1.29, 1.82) is 0 Å².